The molecule has 0 spiro atoms. The second-order valence-electron chi connectivity index (χ2n) is 26.5. The summed E-state index contributed by atoms with van der Waals surface area (Å²) in [6, 6.07) is 0. The van der Waals surface area contributed by atoms with Gasteiger partial charge in [-0.25, -0.2) is 9.13 Å². The fourth-order valence-corrected chi connectivity index (χ4v) is 11.9. The lowest BCUT2D eigenvalue weighted by Crippen LogP contribution is -2.30. The van der Waals surface area contributed by atoms with E-state index < -0.39 is 97.5 Å². The van der Waals surface area contributed by atoms with Gasteiger partial charge in [0, 0.05) is 25.7 Å². The van der Waals surface area contributed by atoms with Crippen LogP contribution in [0.2, 0.25) is 0 Å². The first-order valence-electron chi connectivity index (χ1n) is 36.7. The van der Waals surface area contributed by atoms with Gasteiger partial charge in [-0.05, 0) is 69.1 Å². The quantitative estimate of drug-likeness (QED) is 0.0169. The predicted molar refractivity (Wildman–Crippen MR) is 367 cm³/mol. The number of aliphatic hydroxyl groups is 1. The third-order valence-corrected chi connectivity index (χ3v) is 18.3. The first kappa shape index (κ1) is 88.5. The number of carbonyl (C=O) groups excluding carboxylic acids is 4. The number of esters is 4. The van der Waals surface area contributed by atoms with E-state index in [1.54, 1.807) is 0 Å². The lowest BCUT2D eigenvalue weighted by atomic mass is 9.99. The van der Waals surface area contributed by atoms with Crippen molar-refractivity contribution in [3.63, 3.8) is 0 Å². The number of phosphoric ester groups is 2. The van der Waals surface area contributed by atoms with Gasteiger partial charge >= 0.3 is 39.5 Å². The first-order chi connectivity index (χ1) is 43.8. The molecule has 3 N–H and O–H groups in total. The largest absolute Gasteiger partial charge is 0.472 e. The molecule has 536 valence electrons. The van der Waals surface area contributed by atoms with E-state index in [1.807, 2.05) is 0 Å². The Morgan fingerprint density at radius 3 is 0.978 bits per heavy atom. The number of hydrogen-bond donors (Lipinski definition) is 3. The highest BCUT2D eigenvalue weighted by atomic mass is 31.2. The van der Waals surface area contributed by atoms with Gasteiger partial charge in [0.15, 0.2) is 12.2 Å². The van der Waals surface area contributed by atoms with Crippen LogP contribution in [0.25, 0.3) is 0 Å². The molecule has 6 atom stereocenters. The molecule has 0 amide bonds. The summed E-state index contributed by atoms with van der Waals surface area (Å²) in [5.41, 5.74) is 0. The minimum atomic E-state index is -4.96. The minimum absolute atomic E-state index is 0.0985. The molecular weight excluding hydrogens is 1200 g/mol. The topological polar surface area (TPSA) is 237 Å². The summed E-state index contributed by atoms with van der Waals surface area (Å²) in [7, 11) is -9.92. The number of phosphoric acid groups is 2. The van der Waals surface area contributed by atoms with Crippen LogP contribution in [-0.4, -0.2) is 96.7 Å². The highest BCUT2D eigenvalue weighted by Crippen LogP contribution is 2.45. The van der Waals surface area contributed by atoms with Crippen LogP contribution in [0.15, 0.2) is 24.3 Å². The summed E-state index contributed by atoms with van der Waals surface area (Å²) in [5.74, 6) is 0.0721. The van der Waals surface area contributed by atoms with Gasteiger partial charge in [-0.3, -0.25) is 37.3 Å². The molecule has 0 aliphatic rings. The zero-order valence-corrected chi connectivity index (χ0v) is 60.6. The van der Waals surface area contributed by atoms with Crippen molar-refractivity contribution < 1.29 is 80.2 Å². The summed E-state index contributed by atoms with van der Waals surface area (Å²) in [6.45, 7) is 11.7. The first-order valence-corrected chi connectivity index (χ1v) is 39.7. The zero-order valence-electron chi connectivity index (χ0n) is 58.8. The van der Waals surface area contributed by atoms with E-state index in [4.69, 9.17) is 37.0 Å². The Labute approximate surface area is 554 Å². The molecule has 0 heterocycles. The van der Waals surface area contributed by atoms with Crippen molar-refractivity contribution in [2.45, 2.75) is 356 Å². The minimum Gasteiger partial charge on any atom is -0.462 e. The third-order valence-electron chi connectivity index (χ3n) is 16.4. The molecule has 0 radical (unpaired) electrons. The number of aliphatic hydroxyl groups excluding tert-OH is 1. The smallest absolute Gasteiger partial charge is 0.462 e. The molecule has 17 nitrogen and oxygen atoms in total. The number of ether oxygens (including phenoxy) is 4. The maximum absolute atomic E-state index is 13.0. The number of hydrogen-bond acceptors (Lipinski definition) is 15. The Morgan fingerprint density at radius 1 is 0.363 bits per heavy atom. The molecule has 0 bridgehead atoms. The fraction of sp³-hybridized carbons (Fsp3) is 0.889. The summed E-state index contributed by atoms with van der Waals surface area (Å²) in [5, 5.41) is 10.6. The maximum Gasteiger partial charge on any atom is 0.472 e. The van der Waals surface area contributed by atoms with Crippen molar-refractivity contribution in [1.82, 2.24) is 0 Å². The number of rotatable bonds is 68. The number of allylic oxidation sites excluding steroid dienone is 4. The monoisotopic (exact) mass is 1330 g/mol. The van der Waals surface area contributed by atoms with Crippen LogP contribution < -0.4 is 0 Å². The van der Waals surface area contributed by atoms with E-state index in [0.717, 1.165) is 127 Å². The lowest BCUT2D eigenvalue weighted by Gasteiger charge is -2.21. The standard InChI is InChI=1S/C72H136O17P2/c1-8-10-11-12-13-14-15-16-17-18-19-26-31-39-46-53-69(74)82-59-67(88-71(76)55-48-41-32-27-22-20-24-29-36-43-50-63(3)4)61-86-90(78,79)84-57-66(73)58-85-91(80,81)87-62-68(60-83-70(75)54-47-40-35-34-37-44-51-64(5)6)89-72(77)56-49-42-33-28-23-21-25-30-38-45-52-65(7)9-2/h14-17,63-68,73H,8-13,18-62H2,1-7H3,(H,78,79)(H,80,81)/b15-14-,17-16-/t65?,66-,67-,68-/m1/s1. The van der Waals surface area contributed by atoms with E-state index in [1.165, 1.54) is 122 Å². The van der Waals surface area contributed by atoms with Gasteiger partial charge in [0.05, 0.1) is 26.4 Å². The highest BCUT2D eigenvalue weighted by molar-refractivity contribution is 7.47. The summed E-state index contributed by atoms with van der Waals surface area (Å²) >= 11 is 0. The number of unbranched alkanes of at least 4 members (excludes halogenated alkanes) is 32. The molecule has 0 saturated carbocycles. The Kier molecular flexibility index (Phi) is 60.7. The van der Waals surface area contributed by atoms with Crippen molar-refractivity contribution in [3.8, 4) is 0 Å². The normalized spacial score (nSPS) is 14.6. The Morgan fingerprint density at radius 2 is 0.648 bits per heavy atom. The molecule has 91 heavy (non-hydrogen) atoms. The van der Waals surface area contributed by atoms with Crippen LogP contribution in [0.3, 0.4) is 0 Å². The molecule has 0 fully saturated rings. The van der Waals surface area contributed by atoms with Crippen molar-refractivity contribution in [3.05, 3.63) is 24.3 Å². The van der Waals surface area contributed by atoms with Gasteiger partial charge in [0.1, 0.15) is 19.3 Å². The van der Waals surface area contributed by atoms with Crippen molar-refractivity contribution in [1.29, 1.82) is 0 Å². The molecule has 0 aliphatic carbocycles. The molecule has 0 aromatic carbocycles. The second kappa shape index (κ2) is 62.4. The van der Waals surface area contributed by atoms with Crippen LogP contribution in [0.1, 0.15) is 337 Å². The lowest BCUT2D eigenvalue weighted by molar-refractivity contribution is -0.161. The van der Waals surface area contributed by atoms with Crippen LogP contribution in [-0.2, 0) is 65.4 Å². The van der Waals surface area contributed by atoms with Crippen molar-refractivity contribution >= 4 is 39.5 Å². The van der Waals surface area contributed by atoms with E-state index in [9.17, 15) is 43.2 Å². The molecule has 0 aromatic heterocycles. The summed E-state index contributed by atoms with van der Waals surface area (Å²) < 4.78 is 68.3. The van der Waals surface area contributed by atoms with E-state index >= 15 is 0 Å². The average molecular weight is 1340 g/mol. The van der Waals surface area contributed by atoms with Gasteiger partial charge in [0.2, 0.25) is 0 Å². The van der Waals surface area contributed by atoms with Crippen LogP contribution in [0.5, 0.6) is 0 Å². The summed E-state index contributed by atoms with van der Waals surface area (Å²) in [6.07, 6.45) is 49.4. The molecule has 19 heteroatoms. The molecule has 0 rings (SSSR count). The third kappa shape index (κ3) is 64.6. The molecule has 0 saturated heterocycles. The Balaban J connectivity index is 5.28. The zero-order chi connectivity index (χ0) is 67.3. The van der Waals surface area contributed by atoms with Crippen LogP contribution in [0.4, 0.5) is 0 Å². The van der Waals surface area contributed by atoms with Gasteiger partial charge in [-0.15, -0.1) is 0 Å². The van der Waals surface area contributed by atoms with Crippen LogP contribution in [0, 0.1) is 17.8 Å². The van der Waals surface area contributed by atoms with E-state index in [2.05, 4.69) is 72.8 Å². The van der Waals surface area contributed by atoms with Crippen LogP contribution >= 0.6 is 15.6 Å². The SMILES string of the molecule is CCCCCC/C=C\C=C/CCCCCCCC(=O)OC[C@H](COP(=O)(O)OC[C@@H](O)COP(=O)(O)OC[C@@H](COC(=O)CCCCCCCCC(C)C)OC(=O)CCCCCCCCCCCCC(C)CC)OC(=O)CCCCCCCCCCCCC(C)C. The van der Waals surface area contributed by atoms with Gasteiger partial charge < -0.3 is 33.8 Å². The van der Waals surface area contributed by atoms with Crippen molar-refractivity contribution in [2.24, 2.45) is 17.8 Å². The maximum atomic E-state index is 13.0. The Bertz CT molecular complexity index is 1880. The Hall–Kier alpha value is -2.46. The predicted octanol–water partition coefficient (Wildman–Crippen LogP) is 20.2. The van der Waals surface area contributed by atoms with Gasteiger partial charge in [-0.1, -0.05) is 285 Å². The van der Waals surface area contributed by atoms with E-state index in [0.29, 0.717) is 31.6 Å². The second-order valence-corrected chi connectivity index (χ2v) is 29.4. The van der Waals surface area contributed by atoms with Gasteiger partial charge in [0.25, 0.3) is 0 Å². The molecule has 0 aliphatic heterocycles. The molecule has 3 unspecified atom stereocenters. The van der Waals surface area contributed by atoms with Gasteiger partial charge in [-0.2, -0.15) is 0 Å². The summed E-state index contributed by atoms with van der Waals surface area (Å²) in [4.78, 5) is 72.6. The van der Waals surface area contributed by atoms with Crippen molar-refractivity contribution in [2.75, 3.05) is 39.6 Å². The fourth-order valence-electron chi connectivity index (χ4n) is 10.3. The van der Waals surface area contributed by atoms with E-state index in [-0.39, 0.29) is 25.7 Å². The number of carbonyl (C=O) groups is 4. The molecular formula is C72H136O17P2. The average Bonchev–Trinajstić information content (AvgIpc) is 3.59. The highest BCUT2D eigenvalue weighted by Gasteiger charge is 2.30. The molecule has 0 aromatic rings.